The Bertz CT molecular complexity index is 452. The molecular formula is C16H23N3S2. The van der Waals surface area contributed by atoms with Crippen molar-refractivity contribution in [2.24, 2.45) is 0 Å². The molecule has 1 N–H and O–H groups in total. The van der Waals surface area contributed by atoms with Crippen LogP contribution in [-0.2, 0) is 0 Å². The van der Waals surface area contributed by atoms with Crippen molar-refractivity contribution in [3.8, 4) is 0 Å². The van der Waals surface area contributed by atoms with Crippen molar-refractivity contribution < 1.29 is 0 Å². The van der Waals surface area contributed by atoms with E-state index in [2.05, 4.69) is 39.0 Å². The standard InChI is InChI=1S/C16H23N3S2/c20-16(17-14-4-2-1-3-5-14)19-10-8-18(9-11-19)15-6-12-21-13-7-15/h1-5,15H,6-13H2,(H,17,20). The van der Waals surface area contributed by atoms with E-state index in [1.807, 2.05) is 18.2 Å². The number of thiocarbonyl (C=S) groups is 1. The molecular weight excluding hydrogens is 298 g/mol. The monoisotopic (exact) mass is 321 g/mol. The quantitative estimate of drug-likeness (QED) is 0.842. The van der Waals surface area contributed by atoms with Gasteiger partial charge in [0.25, 0.3) is 0 Å². The number of thioether (sulfide) groups is 1. The lowest BCUT2D eigenvalue weighted by Gasteiger charge is -2.41. The SMILES string of the molecule is S=C(Nc1ccccc1)N1CCN(C2CCSCC2)CC1. The summed E-state index contributed by atoms with van der Waals surface area (Å²) in [5.41, 5.74) is 1.08. The number of anilines is 1. The fourth-order valence-electron chi connectivity index (χ4n) is 3.06. The lowest BCUT2D eigenvalue weighted by Crippen LogP contribution is -2.53. The molecule has 21 heavy (non-hydrogen) atoms. The number of rotatable bonds is 2. The van der Waals surface area contributed by atoms with Crippen LogP contribution >= 0.6 is 24.0 Å². The summed E-state index contributed by atoms with van der Waals surface area (Å²) in [7, 11) is 0. The van der Waals surface area contributed by atoms with Crippen LogP contribution in [0.15, 0.2) is 30.3 Å². The normalized spacial score (nSPS) is 21.2. The van der Waals surface area contributed by atoms with Crippen molar-refractivity contribution in [2.45, 2.75) is 18.9 Å². The van der Waals surface area contributed by atoms with Gasteiger partial charge in [0.15, 0.2) is 5.11 Å². The molecule has 0 spiro atoms. The van der Waals surface area contributed by atoms with E-state index >= 15 is 0 Å². The second-order valence-electron chi connectivity index (χ2n) is 5.66. The van der Waals surface area contributed by atoms with Crippen LogP contribution in [0, 0.1) is 0 Å². The second kappa shape index (κ2) is 7.47. The molecule has 114 valence electrons. The molecule has 2 heterocycles. The number of hydrogen-bond donors (Lipinski definition) is 1. The van der Waals surface area contributed by atoms with Crippen molar-refractivity contribution >= 4 is 34.8 Å². The Hall–Kier alpha value is -0.780. The number of benzene rings is 1. The maximum Gasteiger partial charge on any atom is 0.173 e. The molecule has 1 aromatic carbocycles. The third kappa shape index (κ3) is 4.11. The highest BCUT2D eigenvalue weighted by atomic mass is 32.2. The van der Waals surface area contributed by atoms with Gasteiger partial charge < -0.3 is 10.2 Å². The fourth-order valence-corrected chi connectivity index (χ4v) is 4.45. The van der Waals surface area contributed by atoms with E-state index in [0.717, 1.165) is 43.0 Å². The van der Waals surface area contributed by atoms with Gasteiger partial charge in [0.05, 0.1) is 0 Å². The van der Waals surface area contributed by atoms with E-state index in [4.69, 9.17) is 12.2 Å². The molecule has 2 saturated heterocycles. The topological polar surface area (TPSA) is 18.5 Å². The first-order chi connectivity index (χ1) is 10.3. The Kier molecular flexibility index (Phi) is 5.38. The zero-order chi connectivity index (χ0) is 14.5. The zero-order valence-corrected chi connectivity index (χ0v) is 14.0. The molecule has 2 aliphatic rings. The van der Waals surface area contributed by atoms with Gasteiger partial charge in [-0.1, -0.05) is 18.2 Å². The Balaban J connectivity index is 1.47. The average Bonchev–Trinajstić information content (AvgIpc) is 2.57. The third-order valence-corrected chi connectivity index (χ3v) is 5.74. The zero-order valence-electron chi connectivity index (χ0n) is 12.3. The van der Waals surface area contributed by atoms with Crippen LogP contribution in [0.5, 0.6) is 0 Å². The van der Waals surface area contributed by atoms with Gasteiger partial charge in [0.1, 0.15) is 0 Å². The van der Waals surface area contributed by atoms with Gasteiger partial charge >= 0.3 is 0 Å². The van der Waals surface area contributed by atoms with Gasteiger partial charge in [-0.05, 0) is 48.7 Å². The van der Waals surface area contributed by atoms with Crippen molar-refractivity contribution in [1.82, 2.24) is 9.80 Å². The predicted molar refractivity (Wildman–Crippen MR) is 96.2 cm³/mol. The van der Waals surface area contributed by atoms with E-state index in [1.165, 1.54) is 24.3 Å². The number of nitrogens with zero attached hydrogens (tertiary/aromatic N) is 2. The van der Waals surface area contributed by atoms with Crippen molar-refractivity contribution in [2.75, 3.05) is 43.0 Å². The Labute approximate surface area is 137 Å². The summed E-state index contributed by atoms with van der Waals surface area (Å²) in [6.45, 7) is 4.38. The van der Waals surface area contributed by atoms with Crippen LogP contribution in [-0.4, -0.2) is 58.6 Å². The lowest BCUT2D eigenvalue weighted by atomic mass is 10.1. The minimum absolute atomic E-state index is 0.809. The molecule has 0 aromatic heterocycles. The van der Waals surface area contributed by atoms with Crippen molar-refractivity contribution in [3.05, 3.63) is 30.3 Å². The maximum atomic E-state index is 5.54. The maximum absolute atomic E-state index is 5.54. The van der Waals surface area contributed by atoms with Crippen LogP contribution in [0.25, 0.3) is 0 Å². The van der Waals surface area contributed by atoms with Gasteiger partial charge in [0.2, 0.25) is 0 Å². The molecule has 0 atom stereocenters. The smallest absolute Gasteiger partial charge is 0.173 e. The Morgan fingerprint density at radius 2 is 1.71 bits per heavy atom. The predicted octanol–water partition coefficient (Wildman–Crippen LogP) is 2.90. The van der Waals surface area contributed by atoms with E-state index in [1.54, 1.807) is 0 Å². The molecule has 0 aliphatic carbocycles. The largest absolute Gasteiger partial charge is 0.346 e. The summed E-state index contributed by atoms with van der Waals surface area (Å²) in [5.74, 6) is 2.66. The lowest BCUT2D eigenvalue weighted by molar-refractivity contribution is 0.126. The van der Waals surface area contributed by atoms with Crippen LogP contribution in [0.4, 0.5) is 5.69 Å². The number of para-hydroxylation sites is 1. The molecule has 1 aromatic rings. The van der Waals surface area contributed by atoms with Gasteiger partial charge in [-0.15, -0.1) is 0 Å². The van der Waals surface area contributed by atoms with Crippen LogP contribution < -0.4 is 5.32 Å². The van der Waals surface area contributed by atoms with Crippen molar-refractivity contribution in [3.63, 3.8) is 0 Å². The van der Waals surface area contributed by atoms with Crippen molar-refractivity contribution in [1.29, 1.82) is 0 Å². The highest BCUT2D eigenvalue weighted by molar-refractivity contribution is 7.99. The summed E-state index contributed by atoms with van der Waals surface area (Å²) in [5, 5.41) is 4.20. The summed E-state index contributed by atoms with van der Waals surface area (Å²) >= 11 is 7.65. The molecule has 3 nitrogen and oxygen atoms in total. The molecule has 0 radical (unpaired) electrons. The summed E-state index contributed by atoms with van der Waals surface area (Å²) < 4.78 is 0. The molecule has 0 bridgehead atoms. The van der Waals surface area contributed by atoms with Gasteiger partial charge in [-0.25, -0.2) is 0 Å². The fraction of sp³-hybridized carbons (Fsp3) is 0.562. The molecule has 0 amide bonds. The van der Waals surface area contributed by atoms with Crippen LogP contribution in [0.3, 0.4) is 0 Å². The molecule has 0 unspecified atom stereocenters. The summed E-state index contributed by atoms with van der Waals surface area (Å²) in [4.78, 5) is 4.97. The Morgan fingerprint density at radius 1 is 1.05 bits per heavy atom. The first-order valence-electron chi connectivity index (χ1n) is 7.76. The summed E-state index contributed by atoms with van der Waals surface area (Å²) in [6.07, 6.45) is 2.72. The molecule has 0 saturated carbocycles. The van der Waals surface area contributed by atoms with E-state index in [0.29, 0.717) is 0 Å². The third-order valence-electron chi connectivity index (χ3n) is 4.33. The van der Waals surface area contributed by atoms with E-state index in [9.17, 15) is 0 Å². The van der Waals surface area contributed by atoms with Gasteiger partial charge in [-0.3, -0.25) is 4.90 Å². The van der Waals surface area contributed by atoms with E-state index < -0.39 is 0 Å². The van der Waals surface area contributed by atoms with Crippen LogP contribution in [0.1, 0.15) is 12.8 Å². The molecule has 2 fully saturated rings. The molecule has 3 rings (SSSR count). The molecule has 5 heteroatoms. The highest BCUT2D eigenvalue weighted by Gasteiger charge is 2.26. The minimum atomic E-state index is 0.809. The number of hydrogen-bond acceptors (Lipinski definition) is 3. The first kappa shape index (κ1) is 15.1. The minimum Gasteiger partial charge on any atom is -0.346 e. The Morgan fingerprint density at radius 3 is 2.38 bits per heavy atom. The second-order valence-corrected chi connectivity index (χ2v) is 7.27. The van der Waals surface area contributed by atoms with Gasteiger partial charge in [0, 0.05) is 37.9 Å². The average molecular weight is 322 g/mol. The molecule has 2 aliphatic heterocycles. The van der Waals surface area contributed by atoms with Gasteiger partial charge in [-0.2, -0.15) is 11.8 Å². The summed E-state index contributed by atoms with van der Waals surface area (Å²) in [6, 6.07) is 11.0. The number of nitrogens with one attached hydrogen (secondary N) is 1. The number of piperazine rings is 1. The highest BCUT2D eigenvalue weighted by Crippen LogP contribution is 2.22. The first-order valence-corrected chi connectivity index (χ1v) is 9.32. The van der Waals surface area contributed by atoms with E-state index in [-0.39, 0.29) is 0 Å². The van der Waals surface area contributed by atoms with Crippen LogP contribution in [0.2, 0.25) is 0 Å².